The second kappa shape index (κ2) is 6.58. The maximum absolute atomic E-state index is 11.8. The van der Waals surface area contributed by atoms with Crippen LogP contribution in [-0.4, -0.2) is 21.0 Å². The van der Waals surface area contributed by atoms with Crippen LogP contribution in [0.4, 0.5) is 0 Å². The lowest BCUT2D eigenvalue weighted by Gasteiger charge is -2.09. The third-order valence-corrected chi connectivity index (χ3v) is 4.16. The average Bonchev–Trinajstić information content (AvgIpc) is 3.14. The SMILES string of the molecule is O=C(O)c1cccc(C#Cc2ccncc2)c1-c1ccc2cc[nH]c2c1. The second-order valence-corrected chi connectivity index (χ2v) is 5.80. The molecule has 124 valence electrons. The molecule has 4 rings (SSSR count). The molecule has 0 atom stereocenters. The van der Waals surface area contributed by atoms with E-state index < -0.39 is 5.97 Å². The number of H-pyrrole nitrogens is 1. The molecule has 0 aliphatic rings. The van der Waals surface area contributed by atoms with Gasteiger partial charge in [0, 0.05) is 40.8 Å². The average molecular weight is 338 g/mol. The smallest absolute Gasteiger partial charge is 0.336 e. The van der Waals surface area contributed by atoms with Crippen molar-refractivity contribution < 1.29 is 9.90 Å². The number of hydrogen-bond acceptors (Lipinski definition) is 2. The summed E-state index contributed by atoms with van der Waals surface area (Å²) in [4.78, 5) is 18.9. The zero-order valence-electron chi connectivity index (χ0n) is 13.7. The van der Waals surface area contributed by atoms with Crippen molar-refractivity contribution in [1.29, 1.82) is 0 Å². The van der Waals surface area contributed by atoms with Crippen LogP contribution < -0.4 is 0 Å². The first-order valence-electron chi connectivity index (χ1n) is 8.08. The highest BCUT2D eigenvalue weighted by Gasteiger charge is 2.15. The number of carboxylic acid groups (broad SMARTS) is 1. The summed E-state index contributed by atoms with van der Waals surface area (Å²) in [6, 6.07) is 16.6. The number of carbonyl (C=O) groups is 1. The molecule has 0 unspecified atom stereocenters. The normalized spacial score (nSPS) is 10.3. The van der Waals surface area contributed by atoms with Crippen molar-refractivity contribution in [3.05, 3.63) is 89.9 Å². The molecule has 0 amide bonds. The molecule has 26 heavy (non-hydrogen) atoms. The fraction of sp³-hybridized carbons (Fsp3) is 0. The molecule has 0 aliphatic heterocycles. The van der Waals surface area contributed by atoms with E-state index in [2.05, 4.69) is 21.8 Å². The number of hydrogen-bond donors (Lipinski definition) is 2. The van der Waals surface area contributed by atoms with E-state index in [1.165, 1.54) is 0 Å². The Labute approximate surface area is 150 Å². The van der Waals surface area contributed by atoms with E-state index in [4.69, 9.17) is 0 Å². The van der Waals surface area contributed by atoms with Crippen LogP contribution in [0.3, 0.4) is 0 Å². The van der Waals surface area contributed by atoms with Crippen LogP contribution in [0.15, 0.2) is 73.2 Å². The maximum atomic E-state index is 11.8. The standard InChI is InChI=1S/C22H14N2O2/c25-22(26)19-3-1-2-17(5-4-15-8-11-23-12-9-15)21(19)18-7-6-16-10-13-24-20(16)14-18/h1-3,6-14,24H,(H,25,26). The molecule has 0 aliphatic carbocycles. The van der Waals surface area contributed by atoms with Crippen LogP contribution in [0.1, 0.15) is 21.5 Å². The molecular weight excluding hydrogens is 324 g/mol. The van der Waals surface area contributed by atoms with Gasteiger partial charge in [0.25, 0.3) is 0 Å². The van der Waals surface area contributed by atoms with Crippen molar-refractivity contribution in [1.82, 2.24) is 9.97 Å². The number of fused-ring (bicyclic) bond motifs is 1. The van der Waals surface area contributed by atoms with Gasteiger partial charge in [-0.3, -0.25) is 4.98 Å². The zero-order valence-corrected chi connectivity index (χ0v) is 13.7. The van der Waals surface area contributed by atoms with Crippen molar-refractivity contribution in [3.8, 4) is 23.0 Å². The topological polar surface area (TPSA) is 66.0 Å². The molecule has 0 saturated heterocycles. The van der Waals surface area contributed by atoms with Gasteiger partial charge in [0.15, 0.2) is 0 Å². The highest BCUT2D eigenvalue weighted by atomic mass is 16.4. The van der Waals surface area contributed by atoms with Crippen LogP contribution in [0.2, 0.25) is 0 Å². The number of carboxylic acids is 1. The summed E-state index contributed by atoms with van der Waals surface area (Å²) >= 11 is 0. The van der Waals surface area contributed by atoms with Gasteiger partial charge in [0.2, 0.25) is 0 Å². The molecule has 2 aromatic carbocycles. The largest absolute Gasteiger partial charge is 0.478 e. The van der Waals surface area contributed by atoms with E-state index in [1.54, 1.807) is 24.5 Å². The number of benzene rings is 2. The Morgan fingerprint density at radius 3 is 2.65 bits per heavy atom. The molecule has 0 bridgehead atoms. The van der Waals surface area contributed by atoms with Crippen LogP contribution >= 0.6 is 0 Å². The van der Waals surface area contributed by atoms with Gasteiger partial charge in [0.1, 0.15) is 0 Å². The molecule has 4 nitrogen and oxygen atoms in total. The summed E-state index contributed by atoms with van der Waals surface area (Å²) in [5.41, 5.74) is 4.13. The molecule has 0 fully saturated rings. The molecule has 2 aromatic heterocycles. The van der Waals surface area contributed by atoms with Crippen molar-refractivity contribution in [2.75, 3.05) is 0 Å². The number of nitrogens with zero attached hydrogens (tertiary/aromatic N) is 1. The summed E-state index contributed by atoms with van der Waals surface area (Å²) in [6.45, 7) is 0. The summed E-state index contributed by atoms with van der Waals surface area (Å²) in [5, 5.41) is 10.7. The molecule has 4 heteroatoms. The summed E-state index contributed by atoms with van der Waals surface area (Å²) in [5.74, 6) is 5.22. The van der Waals surface area contributed by atoms with E-state index in [9.17, 15) is 9.90 Å². The first-order chi connectivity index (χ1) is 12.7. The number of aromatic carboxylic acids is 1. The Bertz CT molecular complexity index is 1160. The third-order valence-electron chi connectivity index (χ3n) is 4.16. The van der Waals surface area contributed by atoms with Crippen LogP contribution in [0.5, 0.6) is 0 Å². The Morgan fingerprint density at radius 2 is 1.85 bits per heavy atom. The van der Waals surface area contributed by atoms with Gasteiger partial charge in [-0.15, -0.1) is 0 Å². The molecule has 2 N–H and O–H groups in total. The lowest BCUT2D eigenvalue weighted by molar-refractivity contribution is 0.0697. The molecular formula is C22H14N2O2. The van der Waals surface area contributed by atoms with Gasteiger partial charge >= 0.3 is 5.97 Å². The Balaban J connectivity index is 1.91. The zero-order chi connectivity index (χ0) is 17.9. The van der Waals surface area contributed by atoms with Crippen molar-refractivity contribution in [3.63, 3.8) is 0 Å². The van der Waals surface area contributed by atoms with Crippen LogP contribution in [-0.2, 0) is 0 Å². The Kier molecular flexibility index (Phi) is 3.97. The van der Waals surface area contributed by atoms with E-state index in [0.717, 1.165) is 22.0 Å². The minimum Gasteiger partial charge on any atom is -0.478 e. The fourth-order valence-electron chi connectivity index (χ4n) is 2.92. The van der Waals surface area contributed by atoms with E-state index in [-0.39, 0.29) is 5.56 Å². The number of aromatic amines is 1. The minimum atomic E-state index is -0.973. The number of nitrogens with one attached hydrogen (secondary N) is 1. The lowest BCUT2D eigenvalue weighted by atomic mass is 9.93. The highest BCUT2D eigenvalue weighted by molar-refractivity contribution is 5.99. The Morgan fingerprint density at radius 1 is 1.00 bits per heavy atom. The van der Waals surface area contributed by atoms with Crippen molar-refractivity contribution >= 4 is 16.9 Å². The lowest BCUT2D eigenvalue weighted by Crippen LogP contribution is -2.01. The predicted molar refractivity (Wildman–Crippen MR) is 101 cm³/mol. The van der Waals surface area contributed by atoms with E-state index in [1.807, 2.05) is 48.7 Å². The van der Waals surface area contributed by atoms with Crippen LogP contribution in [0.25, 0.3) is 22.0 Å². The number of aromatic nitrogens is 2. The van der Waals surface area contributed by atoms with Gasteiger partial charge in [-0.2, -0.15) is 0 Å². The fourth-order valence-corrected chi connectivity index (χ4v) is 2.92. The summed E-state index contributed by atoms with van der Waals surface area (Å²) in [7, 11) is 0. The number of rotatable bonds is 2. The van der Waals surface area contributed by atoms with E-state index in [0.29, 0.717) is 11.1 Å². The minimum absolute atomic E-state index is 0.234. The first-order valence-corrected chi connectivity index (χ1v) is 8.08. The molecule has 0 saturated carbocycles. The van der Waals surface area contributed by atoms with Crippen molar-refractivity contribution in [2.45, 2.75) is 0 Å². The predicted octanol–water partition coefficient (Wildman–Crippen LogP) is 4.33. The monoisotopic (exact) mass is 338 g/mol. The van der Waals surface area contributed by atoms with Gasteiger partial charge < -0.3 is 10.1 Å². The summed E-state index contributed by atoms with van der Waals surface area (Å²) < 4.78 is 0. The van der Waals surface area contributed by atoms with Gasteiger partial charge in [-0.05, 0) is 47.3 Å². The van der Waals surface area contributed by atoms with Gasteiger partial charge in [0.05, 0.1) is 5.56 Å². The third kappa shape index (κ3) is 2.94. The molecule has 0 radical (unpaired) electrons. The van der Waals surface area contributed by atoms with Gasteiger partial charge in [-0.1, -0.05) is 30.0 Å². The van der Waals surface area contributed by atoms with Gasteiger partial charge in [-0.25, -0.2) is 4.79 Å². The maximum Gasteiger partial charge on any atom is 0.336 e. The molecule has 2 heterocycles. The second-order valence-electron chi connectivity index (χ2n) is 5.80. The van der Waals surface area contributed by atoms with Crippen LogP contribution in [0, 0.1) is 11.8 Å². The molecule has 0 spiro atoms. The molecule has 4 aromatic rings. The quantitative estimate of drug-likeness (QED) is 0.535. The van der Waals surface area contributed by atoms with E-state index >= 15 is 0 Å². The highest BCUT2D eigenvalue weighted by Crippen LogP contribution is 2.30. The first kappa shape index (κ1) is 15.7. The number of pyridine rings is 1. The van der Waals surface area contributed by atoms with Crippen molar-refractivity contribution in [2.24, 2.45) is 0 Å². The summed E-state index contributed by atoms with van der Waals surface area (Å²) in [6.07, 6.45) is 5.22. The Hall–Kier alpha value is -3.84.